The zero-order valence-corrected chi connectivity index (χ0v) is 14.8. The number of halogens is 1. The molecule has 1 N–H and O–H groups in total. The number of nitrogens with one attached hydrogen (secondary N) is 1. The van der Waals surface area contributed by atoms with Gasteiger partial charge in [0.15, 0.2) is 0 Å². The third-order valence-corrected chi connectivity index (χ3v) is 6.88. The highest BCUT2D eigenvalue weighted by atomic mass is 35.5. The van der Waals surface area contributed by atoms with Gasteiger partial charge in [-0.15, -0.1) is 23.5 Å². The molecule has 1 aliphatic heterocycles. The second-order valence-corrected chi connectivity index (χ2v) is 8.21. The zero-order valence-electron chi connectivity index (χ0n) is 12.4. The van der Waals surface area contributed by atoms with E-state index in [1.807, 2.05) is 41.7 Å². The van der Waals surface area contributed by atoms with Crippen molar-refractivity contribution in [1.29, 1.82) is 0 Å². The van der Waals surface area contributed by atoms with Crippen molar-refractivity contribution in [3.05, 3.63) is 68.7 Å². The van der Waals surface area contributed by atoms with E-state index in [0.29, 0.717) is 10.3 Å². The summed E-state index contributed by atoms with van der Waals surface area (Å²) in [6, 6.07) is 11.5. The fourth-order valence-corrected chi connectivity index (χ4v) is 5.35. The standard InChI is InChI=1S/C16H13ClN2O3S2/c17-14-5-4-12(19(21)22)9-13(14)15(20)18-11-3-1-2-10(8-11)16-23-6-7-24-16/h1-5,8-9,16H,6-7H2,(H,18,20). The van der Waals surface area contributed by atoms with Gasteiger partial charge in [-0.05, 0) is 23.8 Å². The predicted molar refractivity (Wildman–Crippen MR) is 100 cm³/mol. The molecule has 0 saturated carbocycles. The van der Waals surface area contributed by atoms with Gasteiger partial charge in [0, 0.05) is 29.3 Å². The van der Waals surface area contributed by atoms with Crippen LogP contribution in [0.5, 0.6) is 0 Å². The molecule has 124 valence electrons. The van der Waals surface area contributed by atoms with Crippen LogP contribution in [-0.2, 0) is 0 Å². The van der Waals surface area contributed by atoms with Crippen LogP contribution in [0.2, 0.25) is 5.02 Å². The van der Waals surface area contributed by atoms with Crippen LogP contribution in [0.15, 0.2) is 42.5 Å². The number of carbonyl (C=O) groups is 1. The third kappa shape index (κ3) is 3.85. The van der Waals surface area contributed by atoms with Crippen molar-refractivity contribution in [2.75, 3.05) is 16.8 Å². The first kappa shape index (κ1) is 17.1. The van der Waals surface area contributed by atoms with E-state index >= 15 is 0 Å². The van der Waals surface area contributed by atoms with E-state index in [1.165, 1.54) is 18.2 Å². The molecule has 1 amide bonds. The van der Waals surface area contributed by atoms with E-state index in [-0.39, 0.29) is 16.3 Å². The Morgan fingerprint density at radius 1 is 1.21 bits per heavy atom. The van der Waals surface area contributed by atoms with Gasteiger partial charge in [-0.3, -0.25) is 14.9 Å². The summed E-state index contributed by atoms with van der Waals surface area (Å²) in [5.41, 5.74) is 1.71. The fraction of sp³-hybridized carbons (Fsp3) is 0.188. The predicted octanol–water partition coefficient (Wildman–Crippen LogP) is 4.98. The van der Waals surface area contributed by atoms with Gasteiger partial charge >= 0.3 is 0 Å². The minimum absolute atomic E-state index is 0.0842. The highest BCUT2D eigenvalue weighted by Gasteiger charge is 2.19. The number of nitro groups is 1. The van der Waals surface area contributed by atoms with Gasteiger partial charge in [0.05, 0.1) is 20.1 Å². The summed E-state index contributed by atoms with van der Waals surface area (Å²) in [5.74, 6) is 1.78. The number of carbonyl (C=O) groups excluding carboxylic acids is 1. The molecule has 0 unspecified atom stereocenters. The molecule has 1 aliphatic rings. The van der Waals surface area contributed by atoms with Gasteiger partial charge in [-0.25, -0.2) is 0 Å². The van der Waals surface area contributed by atoms with Gasteiger partial charge in [0.1, 0.15) is 0 Å². The first-order valence-electron chi connectivity index (χ1n) is 7.13. The van der Waals surface area contributed by atoms with Gasteiger partial charge in [0.25, 0.3) is 11.6 Å². The lowest BCUT2D eigenvalue weighted by atomic mass is 10.1. The second kappa shape index (κ2) is 7.46. The van der Waals surface area contributed by atoms with Crippen molar-refractivity contribution < 1.29 is 9.72 Å². The largest absolute Gasteiger partial charge is 0.322 e. The average Bonchev–Trinajstić information content (AvgIpc) is 3.09. The summed E-state index contributed by atoms with van der Waals surface area (Å²) < 4.78 is 0.378. The molecule has 5 nitrogen and oxygen atoms in total. The second-order valence-electron chi connectivity index (χ2n) is 5.07. The highest BCUT2D eigenvalue weighted by Crippen LogP contribution is 2.45. The molecule has 0 bridgehead atoms. The van der Waals surface area contributed by atoms with Crippen molar-refractivity contribution >= 4 is 52.4 Å². The maximum absolute atomic E-state index is 12.4. The van der Waals surface area contributed by atoms with Crippen molar-refractivity contribution in [3.8, 4) is 0 Å². The van der Waals surface area contributed by atoms with Crippen LogP contribution in [0.3, 0.4) is 0 Å². The Hall–Kier alpha value is -1.70. The Labute approximate surface area is 152 Å². The van der Waals surface area contributed by atoms with Gasteiger partial charge < -0.3 is 5.32 Å². The van der Waals surface area contributed by atoms with Crippen LogP contribution in [-0.4, -0.2) is 22.3 Å². The molecule has 2 aromatic carbocycles. The number of nitro benzene ring substituents is 1. The van der Waals surface area contributed by atoms with Gasteiger partial charge in [-0.2, -0.15) is 0 Å². The molecule has 24 heavy (non-hydrogen) atoms. The zero-order chi connectivity index (χ0) is 17.1. The number of hydrogen-bond donors (Lipinski definition) is 1. The van der Waals surface area contributed by atoms with Gasteiger partial charge in [-0.1, -0.05) is 23.7 Å². The minimum atomic E-state index is -0.553. The van der Waals surface area contributed by atoms with E-state index in [0.717, 1.165) is 17.1 Å². The fourth-order valence-electron chi connectivity index (χ4n) is 2.31. The van der Waals surface area contributed by atoms with Crippen LogP contribution in [0.4, 0.5) is 11.4 Å². The molecule has 0 aromatic heterocycles. The molecule has 0 radical (unpaired) electrons. The van der Waals surface area contributed by atoms with Crippen molar-refractivity contribution in [3.63, 3.8) is 0 Å². The number of benzene rings is 2. The third-order valence-electron chi connectivity index (χ3n) is 3.44. The summed E-state index contributed by atoms with van der Waals surface area (Å²) >= 11 is 9.77. The Kier molecular flexibility index (Phi) is 5.33. The Bertz CT molecular complexity index is 795. The number of nitrogens with zero attached hydrogens (tertiary/aromatic N) is 1. The molecule has 3 rings (SSSR count). The van der Waals surface area contributed by atoms with Crippen LogP contribution < -0.4 is 5.32 Å². The molecule has 8 heteroatoms. The Morgan fingerprint density at radius 3 is 2.67 bits per heavy atom. The normalized spacial score (nSPS) is 14.5. The summed E-state index contributed by atoms with van der Waals surface area (Å²) in [4.78, 5) is 22.7. The van der Waals surface area contributed by atoms with E-state index in [4.69, 9.17) is 11.6 Å². The quantitative estimate of drug-likeness (QED) is 0.598. The van der Waals surface area contributed by atoms with Crippen LogP contribution in [0, 0.1) is 10.1 Å². The SMILES string of the molecule is O=C(Nc1cccc(C2SCCS2)c1)c1cc([N+](=O)[O-])ccc1Cl. The van der Waals surface area contributed by atoms with E-state index < -0.39 is 10.8 Å². The lowest BCUT2D eigenvalue weighted by Crippen LogP contribution is -2.13. The maximum Gasteiger partial charge on any atom is 0.270 e. The average molecular weight is 381 g/mol. The Balaban J connectivity index is 1.81. The topological polar surface area (TPSA) is 72.2 Å². The first-order valence-corrected chi connectivity index (χ1v) is 9.60. The summed E-state index contributed by atoms with van der Waals surface area (Å²) in [7, 11) is 0. The number of amides is 1. The van der Waals surface area contributed by atoms with Crippen LogP contribution in [0.25, 0.3) is 0 Å². The molecular weight excluding hydrogens is 368 g/mol. The molecule has 1 saturated heterocycles. The number of rotatable bonds is 4. The molecule has 0 spiro atoms. The molecule has 0 aliphatic carbocycles. The number of thioether (sulfide) groups is 2. The number of anilines is 1. The van der Waals surface area contributed by atoms with Crippen molar-refractivity contribution in [2.45, 2.75) is 4.58 Å². The lowest BCUT2D eigenvalue weighted by Gasteiger charge is -2.11. The van der Waals surface area contributed by atoms with Crippen LogP contribution in [0.1, 0.15) is 20.5 Å². The Morgan fingerprint density at radius 2 is 1.96 bits per heavy atom. The number of hydrogen-bond acceptors (Lipinski definition) is 5. The molecular formula is C16H13ClN2O3S2. The molecule has 0 atom stereocenters. The van der Waals surface area contributed by atoms with Gasteiger partial charge in [0.2, 0.25) is 0 Å². The maximum atomic E-state index is 12.4. The molecule has 2 aromatic rings. The monoisotopic (exact) mass is 380 g/mol. The summed E-state index contributed by atoms with van der Waals surface area (Å²) in [5, 5.41) is 13.8. The minimum Gasteiger partial charge on any atom is -0.322 e. The smallest absolute Gasteiger partial charge is 0.270 e. The molecule has 1 fully saturated rings. The highest BCUT2D eigenvalue weighted by molar-refractivity contribution is 8.19. The summed E-state index contributed by atoms with van der Waals surface area (Å²) in [6.45, 7) is 0. The molecule has 1 heterocycles. The number of non-ortho nitro benzene ring substituents is 1. The lowest BCUT2D eigenvalue weighted by molar-refractivity contribution is -0.384. The van der Waals surface area contributed by atoms with E-state index in [9.17, 15) is 14.9 Å². The van der Waals surface area contributed by atoms with Crippen LogP contribution >= 0.6 is 35.1 Å². The van der Waals surface area contributed by atoms with E-state index in [2.05, 4.69) is 5.32 Å². The summed E-state index contributed by atoms with van der Waals surface area (Å²) in [6.07, 6.45) is 0. The van der Waals surface area contributed by atoms with Crippen molar-refractivity contribution in [2.24, 2.45) is 0 Å². The first-order chi connectivity index (χ1) is 11.5. The van der Waals surface area contributed by atoms with E-state index in [1.54, 1.807) is 6.07 Å². The van der Waals surface area contributed by atoms with Crippen molar-refractivity contribution in [1.82, 2.24) is 0 Å².